The maximum absolute atomic E-state index is 2.28. The third-order valence-corrected chi connectivity index (χ3v) is 3.36. The zero-order valence-electron chi connectivity index (χ0n) is 11.5. The standard InChI is InChI=1S/C18H22/c1-18(2,3)17(16-12-6-7-13-16)14-8-11-15-9-4-5-10-15/h4-16H,1-3H3/b11-8+,17-14+. The highest BCUT2D eigenvalue weighted by molar-refractivity contribution is 5.34. The van der Waals surface area contributed by atoms with Gasteiger partial charge in [0, 0.05) is 11.8 Å². The molecule has 0 heteroatoms. The van der Waals surface area contributed by atoms with Gasteiger partial charge in [-0.15, -0.1) is 0 Å². The van der Waals surface area contributed by atoms with E-state index in [-0.39, 0.29) is 5.41 Å². The minimum Gasteiger partial charge on any atom is -0.0738 e. The summed E-state index contributed by atoms with van der Waals surface area (Å²) in [6.45, 7) is 6.84. The molecule has 0 spiro atoms. The third kappa shape index (κ3) is 3.22. The van der Waals surface area contributed by atoms with Gasteiger partial charge in [-0.1, -0.05) is 93.2 Å². The van der Waals surface area contributed by atoms with E-state index in [1.807, 2.05) is 0 Å². The van der Waals surface area contributed by atoms with Gasteiger partial charge in [-0.05, 0) is 5.41 Å². The molecule has 2 aliphatic rings. The van der Waals surface area contributed by atoms with Gasteiger partial charge < -0.3 is 0 Å². The zero-order valence-corrected chi connectivity index (χ0v) is 11.5. The molecule has 0 fully saturated rings. The molecule has 18 heavy (non-hydrogen) atoms. The van der Waals surface area contributed by atoms with Crippen molar-refractivity contribution in [3.05, 3.63) is 72.4 Å². The number of hydrogen-bond donors (Lipinski definition) is 0. The van der Waals surface area contributed by atoms with Gasteiger partial charge in [0.2, 0.25) is 0 Å². The van der Waals surface area contributed by atoms with E-state index in [1.54, 1.807) is 0 Å². The summed E-state index contributed by atoms with van der Waals surface area (Å²) in [6, 6.07) is 0. The monoisotopic (exact) mass is 238 g/mol. The Morgan fingerprint density at radius 1 is 0.889 bits per heavy atom. The van der Waals surface area contributed by atoms with Crippen LogP contribution >= 0.6 is 0 Å². The Bertz CT molecular complexity index is 435. The summed E-state index contributed by atoms with van der Waals surface area (Å²) in [5, 5.41) is 0. The predicted molar refractivity (Wildman–Crippen MR) is 80.2 cm³/mol. The van der Waals surface area contributed by atoms with Gasteiger partial charge in [-0.3, -0.25) is 0 Å². The minimum atomic E-state index is 0.204. The Balaban J connectivity index is 2.13. The van der Waals surface area contributed by atoms with Gasteiger partial charge in [0.05, 0.1) is 0 Å². The zero-order chi connectivity index (χ0) is 13.0. The van der Waals surface area contributed by atoms with Crippen molar-refractivity contribution in [3.8, 4) is 0 Å². The first-order valence-corrected chi connectivity index (χ1v) is 6.66. The second-order valence-electron chi connectivity index (χ2n) is 5.90. The van der Waals surface area contributed by atoms with E-state index in [2.05, 4.69) is 87.6 Å². The summed E-state index contributed by atoms with van der Waals surface area (Å²) < 4.78 is 0. The predicted octanol–water partition coefficient (Wildman–Crippen LogP) is 5.00. The highest BCUT2D eigenvalue weighted by Gasteiger charge is 2.22. The quantitative estimate of drug-likeness (QED) is 0.607. The maximum atomic E-state index is 2.28. The molecule has 0 aromatic rings. The van der Waals surface area contributed by atoms with Crippen LogP contribution in [0.25, 0.3) is 0 Å². The fourth-order valence-electron chi connectivity index (χ4n) is 2.37. The molecule has 0 N–H and O–H groups in total. The summed E-state index contributed by atoms with van der Waals surface area (Å²) in [7, 11) is 0. The van der Waals surface area contributed by atoms with Gasteiger partial charge in [0.25, 0.3) is 0 Å². The van der Waals surface area contributed by atoms with Crippen LogP contribution in [0, 0.1) is 17.3 Å². The highest BCUT2D eigenvalue weighted by atomic mass is 14.3. The normalized spacial score (nSPS) is 20.9. The van der Waals surface area contributed by atoms with Crippen LogP contribution in [-0.2, 0) is 0 Å². The number of allylic oxidation sites excluding steroid dienone is 12. The van der Waals surface area contributed by atoms with Crippen molar-refractivity contribution < 1.29 is 0 Å². The minimum absolute atomic E-state index is 0.204. The van der Waals surface area contributed by atoms with Crippen LogP contribution in [0.5, 0.6) is 0 Å². The van der Waals surface area contributed by atoms with E-state index < -0.39 is 0 Å². The third-order valence-electron chi connectivity index (χ3n) is 3.36. The molecular weight excluding hydrogens is 216 g/mol. The van der Waals surface area contributed by atoms with Crippen LogP contribution in [0.15, 0.2) is 72.4 Å². The lowest BCUT2D eigenvalue weighted by atomic mass is 9.79. The van der Waals surface area contributed by atoms with E-state index >= 15 is 0 Å². The van der Waals surface area contributed by atoms with Gasteiger partial charge in [0.1, 0.15) is 0 Å². The van der Waals surface area contributed by atoms with Crippen LogP contribution in [-0.4, -0.2) is 0 Å². The molecule has 94 valence electrons. The molecule has 0 saturated heterocycles. The molecule has 2 rings (SSSR count). The molecular formula is C18H22. The van der Waals surface area contributed by atoms with Crippen molar-refractivity contribution in [3.63, 3.8) is 0 Å². The fraction of sp³-hybridized carbons (Fsp3) is 0.333. The molecule has 2 aliphatic carbocycles. The lowest BCUT2D eigenvalue weighted by Crippen LogP contribution is -2.14. The molecule has 0 aromatic carbocycles. The van der Waals surface area contributed by atoms with E-state index in [4.69, 9.17) is 0 Å². The molecule has 0 amide bonds. The van der Waals surface area contributed by atoms with E-state index in [9.17, 15) is 0 Å². The molecule has 0 heterocycles. The van der Waals surface area contributed by atoms with Crippen LogP contribution in [0.4, 0.5) is 0 Å². The Kier molecular flexibility index (Phi) is 3.86. The van der Waals surface area contributed by atoms with Crippen molar-refractivity contribution in [2.45, 2.75) is 20.8 Å². The Morgan fingerprint density at radius 3 is 2.00 bits per heavy atom. The van der Waals surface area contributed by atoms with Crippen molar-refractivity contribution >= 4 is 0 Å². The molecule has 0 aliphatic heterocycles. The van der Waals surface area contributed by atoms with E-state index in [0.717, 1.165) is 0 Å². The van der Waals surface area contributed by atoms with Crippen molar-refractivity contribution in [1.29, 1.82) is 0 Å². The number of rotatable bonds is 3. The van der Waals surface area contributed by atoms with Crippen molar-refractivity contribution in [1.82, 2.24) is 0 Å². The van der Waals surface area contributed by atoms with E-state index in [0.29, 0.717) is 11.8 Å². The molecule has 0 bridgehead atoms. The fourth-order valence-corrected chi connectivity index (χ4v) is 2.37. The molecule has 0 saturated carbocycles. The Hall–Kier alpha value is -1.56. The molecule has 0 atom stereocenters. The van der Waals surface area contributed by atoms with Crippen LogP contribution < -0.4 is 0 Å². The lowest BCUT2D eigenvalue weighted by Gasteiger charge is -2.26. The second kappa shape index (κ2) is 5.39. The van der Waals surface area contributed by atoms with E-state index in [1.165, 1.54) is 5.57 Å². The summed E-state index contributed by atoms with van der Waals surface area (Å²) in [5.74, 6) is 0.932. The van der Waals surface area contributed by atoms with Crippen molar-refractivity contribution in [2.75, 3.05) is 0 Å². The maximum Gasteiger partial charge on any atom is 0.0171 e. The SMILES string of the molecule is CC(C)(C)/C(=C/C=C/C1C=CC=C1)C1C=CC=C1. The van der Waals surface area contributed by atoms with Crippen LogP contribution in [0.3, 0.4) is 0 Å². The average molecular weight is 238 g/mol. The smallest absolute Gasteiger partial charge is 0.0171 e. The number of hydrogen-bond acceptors (Lipinski definition) is 0. The molecule has 0 unspecified atom stereocenters. The summed E-state index contributed by atoms with van der Waals surface area (Å²) in [5.41, 5.74) is 1.67. The van der Waals surface area contributed by atoms with Gasteiger partial charge >= 0.3 is 0 Å². The van der Waals surface area contributed by atoms with Gasteiger partial charge in [0.15, 0.2) is 0 Å². The first-order valence-electron chi connectivity index (χ1n) is 6.66. The first-order chi connectivity index (χ1) is 8.57. The first kappa shape index (κ1) is 12.9. The highest BCUT2D eigenvalue weighted by Crippen LogP contribution is 2.34. The topological polar surface area (TPSA) is 0 Å². The largest absolute Gasteiger partial charge is 0.0738 e. The second-order valence-corrected chi connectivity index (χ2v) is 5.90. The molecule has 0 radical (unpaired) electrons. The summed E-state index contributed by atoms with van der Waals surface area (Å²) >= 11 is 0. The summed E-state index contributed by atoms with van der Waals surface area (Å²) in [6.07, 6.45) is 24.1. The van der Waals surface area contributed by atoms with Crippen molar-refractivity contribution in [2.24, 2.45) is 17.3 Å². The lowest BCUT2D eigenvalue weighted by molar-refractivity contribution is 0.474. The van der Waals surface area contributed by atoms with Gasteiger partial charge in [-0.2, -0.15) is 0 Å². The van der Waals surface area contributed by atoms with Crippen LogP contribution in [0.1, 0.15) is 20.8 Å². The molecule has 0 nitrogen and oxygen atoms in total. The van der Waals surface area contributed by atoms with Crippen LogP contribution in [0.2, 0.25) is 0 Å². The molecule has 0 aromatic heterocycles. The average Bonchev–Trinajstić information content (AvgIpc) is 2.95. The Labute approximate surface area is 111 Å². The Morgan fingerprint density at radius 2 is 1.44 bits per heavy atom. The summed E-state index contributed by atoms with van der Waals surface area (Å²) in [4.78, 5) is 0. The van der Waals surface area contributed by atoms with Gasteiger partial charge in [-0.25, -0.2) is 0 Å².